The Labute approximate surface area is 228 Å². The molecular formula is C27H22ClFN4O5S. The van der Waals surface area contributed by atoms with Gasteiger partial charge in [-0.2, -0.15) is 5.26 Å². The lowest BCUT2D eigenvalue weighted by Crippen LogP contribution is -2.31. The van der Waals surface area contributed by atoms with Crippen molar-refractivity contribution < 1.29 is 22.0 Å². The SMILES string of the molecule is Cc1cc(C(C)Nc2ccc(Cl)nc2C(=O)NS(C)(=O)=O)c2oc(-c3cc(F)cc(C#N)c3)c(C)c(=O)c2c1. The second-order valence-corrected chi connectivity index (χ2v) is 11.2. The zero-order valence-corrected chi connectivity index (χ0v) is 22.8. The number of pyridine rings is 1. The smallest absolute Gasteiger partial charge is 0.285 e. The Morgan fingerprint density at radius 1 is 1.18 bits per heavy atom. The summed E-state index contributed by atoms with van der Waals surface area (Å²) in [6, 6.07) is 11.4. The van der Waals surface area contributed by atoms with Crippen LogP contribution >= 0.6 is 11.6 Å². The molecule has 2 aromatic heterocycles. The van der Waals surface area contributed by atoms with Crippen molar-refractivity contribution in [2.45, 2.75) is 26.8 Å². The van der Waals surface area contributed by atoms with E-state index in [1.54, 1.807) is 32.9 Å². The van der Waals surface area contributed by atoms with Crippen LogP contribution in [0.3, 0.4) is 0 Å². The number of aromatic nitrogens is 1. The van der Waals surface area contributed by atoms with Gasteiger partial charge in [0.1, 0.15) is 22.3 Å². The van der Waals surface area contributed by atoms with Crippen molar-refractivity contribution in [2.75, 3.05) is 11.6 Å². The van der Waals surface area contributed by atoms with Gasteiger partial charge in [0, 0.05) is 16.7 Å². The molecule has 9 nitrogen and oxygen atoms in total. The van der Waals surface area contributed by atoms with Crippen LogP contribution in [-0.2, 0) is 10.0 Å². The Morgan fingerprint density at radius 3 is 2.56 bits per heavy atom. The van der Waals surface area contributed by atoms with Crippen LogP contribution in [0.5, 0.6) is 0 Å². The summed E-state index contributed by atoms with van der Waals surface area (Å²) in [5.41, 5.74) is 1.66. The highest BCUT2D eigenvalue weighted by molar-refractivity contribution is 7.89. The average molecular weight is 569 g/mol. The number of rotatable bonds is 6. The number of hydrogen-bond donors (Lipinski definition) is 2. The number of carbonyl (C=O) groups excluding carboxylic acids is 1. The van der Waals surface area contributed by atoms with Gasteiger partial charge >= 0.3 is 0 Å². The van der Waals surface area contributed by atoms with E-state index in [4.69, 9.17) is 16.0 Å². The number of aryl methyl sites for hydroxylation is 1. The normalized spacial score (nSPS) is 12.1. The number of halogens is 2. The number of anilines is 1. The maximum atomic E-state index is 14.2. The fraction of sp³-hybridized carbons (Fsp3) is 0.185. The summed E-state index contributed by atoms with van der Waals surface area (Å²) in [5, 5.41) is 12.7. The maximum Gasteiger partial charge on any atom is 0.285 e. The van der Waals surface area contributed by atoms with Gasteiger partial charge in [-0.1, -0.05) is 17.7 Å². The van der Waals surface area contributed by atoms with Crippen LogP contribution in [0.1, 0.15) is 45.7 Å². The molecule has 200 valence electrons. The first-order valence-corrected chi connectivity index (χ1v) is 13.8. The van der Waals surface area contributed by atoms with Crippen molar-refractivity contribution in [3.63, 3.8) is 0 Å². The minimum absolute atomic E-state index is 0.0224. The molecule has 0 radical (unpaired) electrons. The quantitative estimate of drug-likeness (QED) is 0.309. The number of benzene rings is 2. The second kappa shape index (κ2) is 10.5. The fourth-order valence-electron chi connectivity index (χ4n) is 4.20. The highest BCUT2D eigenvalue weighted by Crippen LogP contribution is 2.33. The van der Waals surface area contributed by atoms with Gasteiger partial charge in [0.25, 0.3) is 5.91 Å². The minimum Gasteiger partial charge on any atom is -0.455 e. The third-order valence-corrected chi connectivity index (χ3v) is 6.64. The third kappa shape index (κ3) is 5.92. The van der Waals surface area contributed by atoms with Crippen LogP contribution in [-0.4, -0.2) is 25.6 Å². The van der Waals surface area contributed by atoms with Gasteiger partial charge < -0.3 is 9.73 Å². The van der Waals surface area contributed by atoms with Crippen molar-refractivity contribution >= 4 is 44.2 Å². The summed E-state index contributed by atoms with van der Waals surface area (Å²) in [5.74, 6) is -1.52. The highest BCUT2D eigenvalue weighted by Gasteiger charge is 2.23. The van der Waals surface area contributed by atoms with E-state index in [-0.39, 0.29) is 50.0 Å². The van der Waals surface area contributed by atoms with E-state index in [0.717, 1.165) is 17.9 Å². The first-order chi connectivity index (χ1) is 18.3. The van der Waals surface area contributed by atoms with E-state index in [1.807, 2.05) is 10.8 Å². The number of hydrogen-bond acceptors (Lipinski definition) is 8. The van der Waals surface area contributed by atoms with E-state index < -0.39 is 27.8 Å². The topological polar surface area (TPSA) is 142 Å². The molecule has 0 spiro atoms. The number of nitrogens with one attached hydrogen (secondary N) is 2. The summed E-state index contributed by atoms with van der Waals surface area (Å²) in [6.45, 7) is 5.11. The average Bonchev–Trinajstić information content (AvgIpc) is 2.85. The van der Waals surface area contributed by atoms with E-state index in [9.17, 15) is 27.7 Å². The van der Waals surface area contributed by atoms with E-state index in [2.05, 4.69) is 10.3 Å². The first kappa shape index (κ1) is 27.8. The van der Waals surface area contributed by atoms with Crippen molar-refractivity contribution in [1.29, 1.82) is 5.26 Å². The predicted molar refractivity (Wildman–Crippen MR) is 146 cm³/mol. The Hall–Kier alpha value is -4.27. The van der Waals surface area contributed by atoms with Crippen LogP contribution in [0.4, 0.5) is 10.1 Å². The van der Waals surface area contributed by atoms with E-state index in [0.29, 0.717) is 10.9 Å². The van der Waals surface area contributed by atoms with Crippen LogP contribution in [0.2, 0.25) is 5.15 Å². The molecule has 0 bridgehead atoms. The fourth-order valence-corrected chi connectivity index (χ4v) is 4.78. The molecule has 2 heterocycles. The lowest BCUT2D eigenvalue weighted by molar-refractivity contribution is 0.0977. The largest absolute Gasteiger partial charge is 0.455 e. The molecule has 0 aliphatic carbocycles. The van der Waals surface area contributed by atoms with Crippen molar-refractivity contribution in [3.05, 3.63) is 91.6 Å². The third-order valence-electron chi connectivity index (χ3n) is 5.87. The number of amides is 1. The molecule has 39 heavy (non-hydrogen) atoms. The van der Waals surface area contributed by atoms with Crippen LogP contribution in [0.15, 0.2) is 51.7 Å². The molecule has 4 rings (SSSR count). The molecular weight excluding hydrogens is 547 g/mol. The minimum atomic E-state index is -3.87. The summed E-state index contributed by atoms with van der Waals surface area (Å²) >= 11 is 5.96. The second-order valence-electron chi connectivity index (χ2n) is 9.06. The highest BCUT2D eigenvalue weighted by atomic mass is 35.5. The summed E-state index contributed by atoms with van der Waals surface area (Å²) in [7, 11) is -3.87. The molecule has 0 aliphatic rings. The van der Waals surface area contributed by atoms with Crippen LogP contribution in [0, 0.1) is 31.0 Å². The number of fused-ring (bicyclic) bond motifs is 1. The van der Waals surface area contributed by atoms with Gasteiger partial charge in [-0.3, -0.25) is 9.59 Å². The summed E-state index contributed by atoms with van der Waals surface area (Å²) in [4.78, 5) is 30.0. The van der Waals surface area contributed by atoms with Gasteiger partial charge in [0.15, 0.2) is 11.1 Å². The molecule has 2 N–H and O–H groups in total. The van der Waals surface area contributed by atoms with Crippen molar-refractivity contribution in [1.82, 2.24) is 9.71 Å². The molecule has 1 amide bonds. The summed E-state index contributed by atoms with van der Waals surface area (Å²) < 4.78 is 45.5. The van der Waals surface area contributed by atoms with Crippen LogP contribution < -0.4 is 15.5 Å². The van der Waals surface area contributed by atoms with Crippen molar-refractivity contribution in [2.24, 2.45) is 0 Å². The number of sulfonamides is 1. The lowest BCUT2D eigenvalue weighted by Gasteiger charge is -2.20. The molecule has 1 unspecified atom stereocenters. The number of nitriles is 1. The molecule has 0 aliphatic heterocycles. The Morgan fingerprint density at radius 2 is 1.90 bits per heavy atom. The standard InChI is InChI=1S/C27H22ClFN4O5S/c1-13-7-19(15(3)31-21-5-6-22(28)32-23(21)27(35)33-39(4,36)37)26-20(8-13)24(34)14(2)25(38-26)17-9-16(12-30)10-18(29)11-17/h5-11,15,31H,1-4H3,(H,33,35). The molecule has 1 atom stereocenters. The van der Waals surface area contributed by atoms with Gasteiger partial charge in [-0.15, -0.1) is 0 Å². The zero-order chi connectivity index (χ0) is 28.6. The van der Waals surface area contributed by atoms with Gasteiger partial charge in [0.05, 0.1) is 35.0 Å². The van der Waals surface area contributed by atoms with Gasteiger partial charge in [0.2, 0.25) is 10.0 Å². The number of nitrogens with zero attached hydrogens (tertiary/aromatic N) is 2. The monoisotopic (exact) mass is 568 g/mol. The van der Waals surface area contributed by atoms with E-state index >= 15 is 0 Å². The van der Waals surface area contributed by atoms with Crippen molar-refractivity contribution in [3.8, 4) is 17.4 Å². The molecule has 0 fully saturated rings. The Balaban J connectivity index is 1.87. The number of carbonyl (C=O) groups is 1. The predicted octanol–water partition coefficient (Wildman–Crippen LogP) is 5.00. The molecule has 2 aromatic carbocycles. The van der Waals surface area contributed by atoms with Gasteiger partial charge in [-0.25, -0.2) is 22.5 Å². The maximum absolute atomic E-state index is 14.2. The molecule has 0 saturated heterocycles. The van der Waals surface area contributed by atoms with Crippen LogP contribution in [0.25, 0.3) is 22.3 Å². The van der Waals surface area contributed by atoms with E-state index in [1.165, 1.54) is 24.3 Å². The summed E-state index contributed by atoms with van der Waals surface area (Å²) in [6.07, 6.45) is 0.837. The Kier molecular flexibility index (Phi) is 7.46. The van der Waals surface area contributed by atoms with Gasteiger partial charge in [-0.05, 0) is 62.7 Å². The first-order valence-electron chi connectivity index (χ1n) is 11.5. The molecule has 12 heteroatoms. The molecule has 0 saturated carbocycles. The zero-order valence-electron chi connectivity index (χ0n) is 21.2. The Bertz CT molecular complexity index is 1870. The lowest BCUT2D eigenvalue weighted by atomic mass is 9.98. The molecule has 4 aromatic rings.